The van der Waals surface area contributed by atoms with Crippen LogP contribution in [0.2, 0.25) is 0 Å². The zero-order valence-electron chi connectivity index (χ0n) is 17.2. The summed E-state index contributed by atoms with van der Waals surface area (Å²) in [6.45, 7) is 2.54. The SMILES string of the molecule is CC(C)CC(NC(=O)C(CC(=O)O)NC(=O)C(N)CC(N)=O)C(=O)NC(CO)C(=O)O. The van der Waals surface area contributed by atoms with Crippen molar-refractivity contribution in [3.05, 3.63) is 0 Å². The van der Waals surface area contributed by atoms with E-state index in [0.717, 1.165) is 0 Å². The molecule has 0 rings (SSSR count). The summed E-state index contributed by atoms with van der Waals surface area (Å²) in [4.78, 5) is 70.0. The Hall–Kier alpha value is -3.26. The summed E-state index contributed by atoms with van der Waals surface area (Å²) in [7, 11) is 0. The normalized spacial score (nSPS) is 14.6. The highest BCUT2D eigenvalue weighted by molar-refractivity contribution is 5.96. The van der Waals surface area contributed by atoms with E-state index in [0.29, 0.717) is 0 Å². The summed E-state index contributed by atoms with van der Waals surface area (Å²) in [6, 6.07) is -5.95. The van der Waals surface area contributed by atoms with Gasteiger partial charge in [0.25, 0.3) is 0 Å². The van der Waals surface area contributed by atoms with Crippen LogP contribution in [0.15, 0.2) is 0 Å². The van der Waals surface area contributed by atoms with E-state index in [1.165, 1.54) is 0 Å². The molecular weight excluding hydrogens is 418 g/mol. The summed E-state index contributed by atoms with van der Waals surface area (Å²) >= 11 is 0. The van der Waals surface area contributed by atoms with Crippen molar-refractivity contribution in [2.45, 2.75) is 57.3 Å². The smallest absolute Gasteiger partial charge is 0.328 e. The molecule has 0 aliphatic heterocycles. The van der Waals surface area contributed by atoms with Gasteiger partial charge in [0, 0.05) is 0 Å². The summed E-state index contributed by atoms with van der Waals surface area (Å²) < 4.78 is 0. The van der Waals surface area contributed by atoms with E-state index < -0.39 is 79.2 Å². The lowest BCUT2D eigenvalue weighted by molar-refractivity contribution is -0.144. The fraction of sp³-hybridized carbons (Fsp3) is 0.647. The average molecular weight is 447 g/mol. The largest absolute Gasteiger partial charge is 0.481 e. The first-order chi connectivity index (χ1) is 14.3. The predicted octanol–water partition coefficient (Wildman–Crippen LogP) is -3.76. The molecule has 0 bridgehead atoms. The molecule has 0 spiro atoms. The second-order valence-electron chi connectivity index (χ2n) is 7.21. The fourth-order valence-corrected chi connectivity index (χ4v) is 2.41. The van der Waals surface area contributed by atoms with Gasteiger partial charge < -0.3 is 42.7 Å². The summed E-state index contributed by atoms with van der Waals surface area (Å²) in [5.74, 6) is -6.94. The van der Waals surface area contributed by atoms with Crippen molar-refractivity contribution in [2.24, 2.45) is 17.4 Å². The van der Waals surface area contributed by atoms with E-state index in [-0.39, 0.29) is 12.3 Å². The van der Waals surface area contributed by atoms with Gasteiger partial charge in [0.2, 0.25) is 23.6 Å². The van der Waals surface area contributed by atoms with Crippen molar-refractivity contribution in [1.82, 2.24) is 16.0 Å². The lowest BCUT2D eigenvalue weighted by Gasteiger charge is -2.25. The minimum absolute atomic E-state index is 0.0459. The molecular formula is C17H29N5O9. The van der Waals surface area contributed by atoms with Crippen LogP contribution in [0.4, 0.5) is 0 Å². The first-order valence-electron chi connectivity index (χ1n) is 9.28. The van der Waals surface area contributed by atoms with Crippen LogP contribution in [-0.4, -0.2) is 81.7 Å². The number of primary amides is 1. The van der Waals surface area contributed by atoms with Gasteiger partial charge in [0.1, 0.15) is 18.1 Å². The lowest BCUT2D eigenvalue weighted by Crippen LogP contribution is -2.58. The van der Waals surface area contributed by atoms with Crippen molar-refractivity contribution in [1.29, 1.82) is 0 Å². The van der Waals surface area contributed by atoms with Gasteiger partial charge in [0.15, 0.2) is 0 Å². The quantitative estimate of drug-likeness (QED) is 0.129. The van der Waals surface area contributed by atoms with Crippen molar-refractivity contribution in [3.8, 4) is 0 Å². The second-order valence-corrected chi connectivity index (χ2v) is 7.21. The first-order valence-corrected chi connectivity index (χ1v) is 9.28. The highest BCUT2D eigenvalue weighted by Crippen LogP contribution is 2.07. The lowest BCUT2D eigenvalue weighted by atomic mass is 10.0. The van der Waals surface area contributed by atoms with Gasteiger partial charge in [-0.3, -0.25) is 24.0 Å². The Balaban J connectivity index is 5.45. The number of amides is 4. The Labute approximate surface area is 177 Å². The van der Waals surface area contributed by atoms with Gasteiger partial charge >= 0.3 is 11.9 Å². The van der Waals surface area contributed by atoms with Crippen LogP contribution >= 0.6 is 0 Å². The van der Waals surface area contributed by atoms with E-state index in [1.807, 2.05) is 0 Å². The van der Waals surface area contributed by atoms with Crippen molar-refractivity contribution in [3.63, 3.8) is 0 Å². The van der Waals surface area contributed by atoms with Crippen molar-refractivity contribution in [2.75, 3.05) is 6.61 Å². The standard InChI is InChI=1S/C17H29N5O9/c1-7(2)3-9(15(28)22-11(6-23)17(30)31)21-16(29)10(5-13(25)26)20-14(27)8(18)4-12(19)24/h7-11,23H,3-6,18H2,1-2H3,(H2,19,24)(H,20,27)(H,21,29)(H,22,28)(H,25,26)(H,30,31). The van der Waals surface area contributed by atoms with Crippen molar-refractivity contribution < 1.29 is 44.1 Å². The monoisotopic (exact) mass is 447 g/mol. The number of carboxylic acids is 2. The second kappa shape index (κ2) is 13.1. The maximum atomic E-state index is 12.6. The van der Waals surface area contributed by atoms with Crippen LogP contribution < -0.4 is 27.4 Å². The molecule has 4 unspecified atom stereocenters. The molecule has 31 heavy (non-hydrogen) atoms. The molecule has 0 aliphatic rings. The van der Waals surface area contributed by atoms with Crippen molar-refractivity contribution >= 4 is 35.6 Å². The minimum Gasteiger partial charge on any atom is -0.481 e. The summed E-state index contributed by atoms with van der Waals surface area (Å²) in [5.41, 5.74) is 10.4. The highest BCUT2D eigenvalue weighted by Gasteiger charge is 2.31. The number of rotatable bonds is 14. The molecule has 0 heterocycles. The van der Waals surface area contributed by atoms with Gasteiger partial charge in [-0.25, -0.2) is 4.79 Å². The number of hydrogen-bond acceptors (Lipinski definition) is 8. The molecule has 0 saturated carbocycles. The molecule has 0 saturated heterocycles. The number of aliphatic carboxylic acids is 2. The molecule has 4 amide bonds. The number of aliphatic hydroxyl groups is 1. The molecule has 0 aliphatic carbocycles. The average Bonchev–Trinajstić information content (AvgIpc) is 2.62. The third-order valence-electron chi connectivity index (χ3n) is 3.91. The van der Waals surface area contributed by atoms with Crippen LogP contribution in [0.25, 0.3) is 0 Å². The number of nitrogens with two attached hydrogens (primary N) is 2. The number of aliphatic hydroxyl groups excluding tert-OH is 1. The van der Waals surface area contributed by atoms with Crippen LogP contribution in [0, 0.1) is 5.92 Å². The summed E-state index contributed by atoms with van der Waals surface area (Å²) in [5, 5.41) is 33.4. The molecule has 176 valence electrons. The predicted molar refractivity (Wildman–Crippen MR) is 104 cm³/mol. The maximum absolute atomic E-state index is 12.6. The zero-order valence-corrected chi connectivity index (χ0v) is 17.2. The van der Waals surface area contributed by atoms with Gasteiger partial charge in [-0.2, -0.15) is 0 Å². The highest BCUT2D eigenvalue weighted by atomic mass is 16.4. The van der Waals surface area contributed by atoms with Crippen LogP contribution in [-0.2, 0) is 28.8 Å². The van der Waals surface area contributed by atoms with E-state index in [4.69, 9.17) is 26.8 Å². The number of carbonyl (C=O) groups excluding carboxylic acids is 4. The third-order valence-corrected chi connectivity index (χ3v) is 3.91. The topological polar surface area (TPSA) is 251 Å². The molecule has 10 N–H and O–H groups in total. The van der Waals surface area contributed by atoms with Gasteiger partial charge in [-0.15, -0.1) is 0 Å². The Kier molecular flexibility index (Phi) is 11.7. The van der Waals surface area contributed by atoms with Crippen LogP contribution in [0.1, 0.15) is 33.1 Å². The Morgan fingerprint density at radius 2 is 1.29 bits per heavy atom. The number of hydrogen-bond donors (Lipinski definition) is 8. The number of carboxylic acid groups (broad SMARTS) is 2. The van der Waals surface area contributed by atoms with E-state index in [1.54, 1.807) is 13.8 Å². The molecule has 0 aromatic rings. The maximum Gasteiger partial charge on any atom is 0.328 e. The molecule has 14 nitrogen and oxygen atoms in total. The molecule has 0 fully saturated rings. The Morgan fingerprint density at radius 3 is 1.71 bits per heavy atom. The van der Waals surface area contributed by atoms with E-state index in [2.05, 4.69) is 16.0 Å². The van der Waals surface area contributed by atoms with Crippen LogP contribution in [0.5, 0.6) is 0 Å². The summed E-state index contributed by atoms with van der Waals surface area (Å²) in [6.07, 6.45) is -1.35. The fourth-order valence-electron chi connectivity index (χ4n) is 2.41. The molecule has 0 aromatic carbocycles. The third kappa shape index (κ3) is 10.9. The van der Waals surface area contributed by atoms with Gasteiger partial charge in [0.05, 0.1) is 25.5 Å². The Morgan fingerprint density at radius 1 is 0.806 bits per heavy atom. The number of nitrogens with one attached hydrogen (secondary N) is 3. The number of carbonyl (C=O) groups is 6. The van der Waals surface area contributed by atoms with E-state index >= 15 is 0 Å². The molecule has 0 aromatic heterocycles. The zero-order chi connectivity index (χ0) is 24.3. The van der Waals surface area contributed by atoms with Gasteiger partial charge in [-0.1, -0.05) is 13.8 Å². The van der Waals surface area contributed by atoms with Gasteiger partial charge in [-0.05, 0) is 12.3 Å². The molecule has 0 radical (unpaired) electrons. The Bertz CT molecular complexity index is 697. The van der Waals surface area contributed by atoms with Crippen LogP contribution in [0.3, 0.4) is 0 Å². The van der Waals surface area contributed by atoms with E-state index in [9.17, 15) is 28.8 Å². The molecule has 4 atom stereocenters. The minimum atomic E-state index is -1.64. The first kappa shape index (κ1) is 27.7. The molecule has 14 heteroatoms.